The average molecular weight is 400 g/mol. The van der Waals surface area contributed by atoms with Crippen LogP contribution in [0.2, 0.25) is 0 Å². The Morgan fingerprint density at radius 1 is 1.17 bits per heavy atom. The van der Waals surface area contributed by atoms with Crippen molar-refractivity contribution in [1.29, 1.82) is 0 Å². The van der Waals surface area contributed by atoms with Gasteiger partial charge in [-0.3, -0.25) is 4.79 Å². The molecule has 2 aromatic carbocycles. The van der Waals surface area contributed by atoms with E-state index >= 15 is 0 Å². The first-order valence-corrected chi connectivity index (χ1v) is 10.4. The van der Waals surface area contributed by atoms with E-state index in [1.54, 1.807) is 6.33 Å². The maximum atomic E-state index is 12.8. The maximum Gasteiger partial charge on any atom is 0.225 e. The molecule has 4 aromatic rings. The minimum absolute atomic E-state index is 0.0707. The lowest BCUT2D eigenvalue weighted by molar-refractivity contribution is -0.125. The maximum absolute atomic E-state index is 12.8. The van der Waals surface area contributed by atoms with Gasteiger partial charge >= 0.3 is 0 Å². The highest BCUT2D eigenvalue weighted by Crippen LogP contribution is 2.33. The van der Waals surface area contributed by atoms with Crippen LogP contribution in [0.25, 0.3) is 22.1 Å². The second-order valence-electron chi connectivity index (χ2n) is 7.96. The molecule has 1 fully saturated rings. The van der Waals surface area contributed by atoms with Gasteiger partial charge in [-0.15, -0.1) is 0 Å². The van der Waals surface area contributed by atoms with Gasteiger partial charge < -0.3 is 14.6 Å². The number of piperidine rings is 1. The summed E-state index contributed by atoms with van der Waals surface area (Å²) in [5.74, 6) is 0.793. The summed E-state index contributed by atoms with van der Waals surface area (Å²) in [6.45, 7) is 4.09. The fourth-order valence-electron chi connectivity index (χ4n) is 4.16. The first kappa shape index (κ1) is 18.6. The van der Waals surface area contributed by atoms with Crippen molar-refractivity contribution in [1.82, 2.24) is 15.3 Å². The van der Waals surface area contributed by atoms with Crippen molar-refractivity contribution in [2.75, 3.05) is 18.0 Å². The number of nitrogens with one attached hydrogen (secondary N) is 1. The van der Waals surface area contributed by atoms with Gasteiger partial charge in [-0.1, -0.05) is 42.0 Å². The third-order valence-electron chi connectivity index (χ3n) is 5.82. The summed E-state index contributed by atoms with van der Waals surface area (Å²) in [6.07, 6.45) is 3.40. The van der Waals surface area contributed by atoms with Crippen LogP contribution in [0.1, 0.15) is 24.0 Å². The van der Waals surface area contributed by atoms with Crippen LogP contribution in [0, 0.1) is 12.8 Å². The van der Waals surface area contributed by atoms with Crippen molar-refractivity contribution in [2.24, 2.45) is 5.92 Å². The van der Waals surface area contributed by atoms with Crippen molar-refractivity contribution in [3.05, 3.63) is 66.0 Å². The van der Waals surface area contributed by atoms with Crippen molar-refractivity contribution < 1.29 is 9.21 Å². The molecule has 1 amide bonds. The number of benzene rings is 2. The van der Waals surface area contributed by atoms with Crippen molar-refractivity contribution in [3.63, 3.8) is 0 Å². The SMILES string of the molecule is Cc1ccc(CNC(=O)[C@H]2CCCN(c3ncnc4c3oc3ccccc34)C2)cc1. The Bertz CT molecular complexity index is 1200. The molecule has 0 bridgehead atoms. The molecule has 1 aliphatic heterocycles. The van der Waals surface area contributed by atoms with Crippen LogP contribution >= 0.6 is 0 Å². The van der Waals surface area contributed by atoms with E-state index < -0.39 is 0 Å². The van der Waals surface area contributed by atoms with Gasteiger partial charge in [-0.05, 0) is 37.5 Å². The number of aromatic nitrogens is 2. The lowest BCUT2D eigenvalue weighted by Gasteiger charge is -2.32. The van der Waals surface area contributed by atoms with Gasteiger partial charge in [0, 0.05) is 25.0 Å². The number of nitrogens with zero attached hydrogens (tertiary/aromatic N) is 3. The predicted octanol–water partition coefficient (Wildman–Crippen LogP) is 4.22. The Morgan fingerprint density at radius 3 is 2.87 bits per heavy atom. The molecule has 0 spiro atoms. The summed E-state index contributed by atoms with van der Waals surface area (Å²) in [5, 5.41) is 4.08. The Morgan fingerprint density at radius 2 is 2.00 bits per heavy atom. The summed E-state index contributed by atoms with van der Waals surface area (Å²) in [5.41, 5.74) is 4.65. The quantitative estimate of drug-likeness (QED) is 0.555. The number of furan rings is 1. The molecule has 0 unspecified atom stereocenters. The van der Waals surface area contributed by atoms with Gasteiger partial charge in [-0.2, -0.15) is 0 Å². The van der Waals surface area contributed by atoms with E-state index in [0.29, 0.717) is 18.7 Å². The van der Waals surface area contributed by atoms with Crippen LogP contribution in [0.4, 0.5) is 5.82 Å². The highest BCUT2D eigenvalue weighted by molar-refractivity contribution is 6.05. The van der Waals surface area contributed by atoms with Crippen LogP contribution < -0.4 is 10.2 Å². The Kier molecular flexibility index (Phi) is 4.83. The summed E-state index contributed by atoms with van der Waals surface area (Å²) in [7, 11) is 0. The number of aryl methyl sites for hydroxylation is 1. The van der Waals surface area contributed by atoms with Gasteiger partial charge in [0.25, 0.3) is 0 Å². The van der Waals surface area contributed by atoms with Crippen LogP contribution in [0.5, 0.6) is 0 Å². The third-order valence-corrected chi connectivity index (χ3v) is 5.82. The summed E-state index contributed by atoms with van der Waals surface area (Å²) in [6, 6.07) is 16.1. The topological polar surface area (TPSA) is 71.3 Å². The normalized spacial score (nSPS) is 16.8. The van der Waals surface area contributed by atoms with E-state index in [4.69, 9.17) is 4.42 Å². The number of para-hydroxylation sites is 1. The first-order valence-electron chi connectivity index (χ1n) is 10.4. The number of rotatable bonds is 4. The molecule has 5 rings (SSSR count). The molecule has 6 nitrogen and oxygen atoms in total. The summed E-state index contributed by atoms with van der Waals surface area (Å²) >= 11 is 0. The molecular weight excluding hydrogens is 376 g/mol. The zero-order valence-electron chi connectivity index (χ0n) is 17.0. The molecular formula is C24H24N4O2. The standard InChI is InChI=1S/C24H24N4O2/c1-16-8-10-17(11-9-16)13-25-24(29)18-5-4-12-28(14-18)23-22-21(26-15-27-23)19-6-2-3-7-20(19)30-22/h2-3,6-11,15,18H,4-5,12-14H2,1H3,(H,25,29)/t18-/m0/s1. The highest BCUT2D eigenvalue weighted by Gasteiger charge is 2.28. The van der Waals surface area contributed by atoms with Crippen LogP contribution in [-0.4, -0.2) is 29.0 Å². The molecule has 2 aromatic heterocycles. The number of hydrogen-bond donors (Lipinski definition) is 1. The smallest absolute Gasteiger partial charge is 0.225 e. The fourth-order valence-corrected chi connectivity index (χ4v) is 4.16. The molecule has 1 saturated heterocycles. The Labute approximate surface area is 174 Å². The zero-order valence-corrected chi connectivity index (χ0v) is 17.0. The predicted molar refractivity (Wildman–Crippen MR) is 117 cm³/mol. The number of hydrogen-bond acceptors (Lipinski definition) is 5. The molecule has 0 aliphatic carbocycles. The number of fused-ring (bicyclic) bond motifs is 3. The number of anilines is 1. The minimum Gasteiger partial charge on any atom is -0.450 e. The second kappa shape index (κ2) is 7.78. The van der Waals surface area contributed by atoms with E-state index in [2.05, 4.69) is 51.4 Å². The van der Waals surface area contributed by atoms with Gasteiger partial charge in [0.1, 0.15) is 17.4 Å². The second-order valence-corrected chi connectivity index (χ2v) is 7.96. The number of carbonyl (C=O) groups excluding carboxylic acids is 1. The van der Waals surface area contributed by atoms with Crippen molar-refractivity contribution in [2.45, 2.75) is 26.3 Å². The lowest BCUT2D eigenvalue weighted by atomic mass is 9.97. The van der Waals surface area contributed by atoms with Crippen LogP contribution in [0.15, 0.2) is 59.3 Å². The number of carbonyl (C=O) groups is 1. The van der Waals surface area contributed by atoms with Gasteiger partial charge in [-0.25, -0.2) is 9.97 Å². The van der Waals surface area contributed by atoms with E-state index in [1.165, 1.54) is 5.56 Å². The molecule has 30 heavy (non-hydrogen) atoms. The van der Waals surface area contributed by atoms with Crippen molar-refractivity contribution >= 4 is 33.8 Å². The fraction of sp³-hybridized carbons (Fsp3) is 0.292. The molecule has 152 valence electrons. The average Bonchev–Trinajstić information content (AvgIpc) is 3.17. The molecule has 0 saturated carbocycles. The zero-order chi connectivity index (χ0) is 20.5. The highest BCUT2D eigenvalue weighted by atomic mass is 16.3. The number of amides is 1. The Hall–Kier alpha value is -3.41. The third kappa shape index (κ3) is 3.49. The van der Waals surface area contributed by atoms with Gasteiger partial charge in [0.05, 0.1) is 5.92 Å². The summed E-state index contributed by atoms with van der Waals surface area (Å²) < 4.78 is 6.08. The molecule has 0 radical (unpaired) electrons. The van der Waals surface area contributed by atoms with E-state index in [-0.39, 0.29) is 11.8 Å². The molecule has 1 aliphatic rings. The van der Waals surface area contributed by atoms with E-state index in [0.717, 1.165) is 47.3 Å². The molecule has 6 heteroatoms. The van der Waals surface area contributed by atoms with Crippen molar-refractivity contribution in [3.8, 4) is 0 Å². The Balaban J connectivity index is 1.34. The molecule has 1 N–H and O–H groups in total. The van der Waals surface area contributed by atoms with Gasteiger partial charge in [0.15, 0.2) is 11.4 Å². The van der Waals surface area contributed by atoms with E-state index in [9.17, 15) is 4.79 Å². The summed E-state index contributed by atoms with van der Waals surface area (Å²) in [4.78, 5) is 23.9. The molecule has 1 atom stereocenters. The van der Waals surface area contributed by atoms with Crippen LogP contribution in [-0.2, 0) is 11.3 Å². The van der Waals surface area contributed by atoms with E-state index in [1.807, 2.05) is 24.3 Å². The molecule has 3 heterocycles. The largest absolute Gasteiger partial charge is 0.450 e. The minimum atomic E-state index is -0.0707. The lowest BCUT2D eigenvalue weighted by Crippen LogP contribution is -2.43. The van der Waals surface area contributed by atoms with Gasteiger partial charge in [0.2, 0.25) is 5.91 Å². The monoisotopic (exact) mass is 400 g/mol. The first-order chi connectivity index (χ1) is 14.7. The van der Waals surface area contributed by atoms with Crippen LogP contribution in [0.3, 0.4) is 0 Å².